The van der Waals surface area contributed by atoms with Crippen molar-refractivity contribution in [1.29, 1.82) is 0 Å². The summed E-state index contributed by atoms with van der Waals surface area (Å²) < 4.78 is 33.5. The van der Waals surface area contributed by atoms with Crippen molar-refractivity contribution >= 4 is 22.4 Å². The lowest BCUT2D eigenvalue weighted by Crippen LogP contribution is -1.98. The lowest BCUT2D eigenvalue weighted by molar-refractivity contribution is 0.391. The Balaban J connectivity index is 3.16. The van der Waals surface area contributed by atoms with E-state index in [4.69, 9.17) is 0 Å². The highest BCUT2D eigenvalue weighted by Crippen LogP contribution is 2.09. The summed E-state index contributed by atoms with van der Waals surface area (Å²) in [6.45, 7) is 2.04. The van der Waals surface area contributed by atoms with Gasteiger partial charge in [-0.15, -0.1) is 0 Å². The van der Waals surface area contributed by atoms with Crippen LogP contribution in [0, 0.1) is 0 Å². The van der Waals surface area contributed by atoms with Gasteiger partial charge in [0.1, 0.15) is 0 Å². The molecule has 0 unspecified atom stereocenters. The number of hydrogen-bond acceptors (Lipinski definition) is 5. The Labute approximate surface area is 71.5 Å². The first kappa shape index (κ1) is 11.2. The summed E-state index contributed by atoms with van der Waals surface area (Å²) in [6.07, 6.45) is 2.95. The van der Waals surface area contributed by atoms with Crippen LogP contribution in [0.2, 0.25) is 0 Å². The highest BCUT2D eigenvalue weighted by atomic mass is 32.3. The predicted octanol–water partition coefficient (Wildman–Crippen LogP) is 1.30. The van der Waals surface area contributed by atoms with E-state index in [0.717, 1.165) is 19.3 Å². The van der Waals surface area contributed by atoms with Crippen LogP contribution in [0.25, 0.3) is 0 Å². The summed E-state index contributed by atoms with van der Waals surface area (Å²) in [5, 5.41) is 0. The molecule has 0 heterocycles. The van der Waals surface area contributed by atoms with Crippen LogP contribution in [0.5, 0.6) is 0 Å². The summed E-state index contributed by atoms with van der Waals surface area (Å²) >= 11 is 0.700. The molecule has 0 fully saturated rings. The second-order valence-electron chi connectivity index (χ2n) is 2.01. The van der Waals surface area contributed by atoms with Crippen LogP contribution < -0.4 is 0 Å². The molecule has 4 nitrogen and oxygen atoms in total. The van der Waals surface area contributed by atoms with Crippen LogP contribution in [-0.4, -0.2) is 18.7 Å². The van der Waals surface area contributed by atoms with E-state index in [-0.39, 0.29) is 0 Å². The van der Waals surface area contributed by atoms with Gasteiger partial charge in [-0.3, -0.25) is 0 Å². The molecule has 0 spiro atoms. The van der Waals surface area contributed by atoms with Crippen molar-refractivity contribution in [2.75, 3.05) is 5.75 Å². The maximum atomic E-state index is 9.87. The van der Waals surface area contributed by atoms with E-state index in [0.29, 0.717) is 17.8 Å². The molecule has 0 aliphatic heterocycles. The third kappa shape index (κ3) is 10.2. The second kappa shape index (κ2) is 5.82. The van der Waals surface area contributed by atoms with E-state index in [2.05, 4.69) is 3.63 Å². The first-order valence-corrected chi connectivity index (χ1v) is 5.57. The Morgan fingerprint density at radius 3 is 2.55 bits per heavy atom. The molecule has 0 atom stereocenters. The predicted molar refractivity (Wildman–Crippen MR) is 42.8 cm³/mol. The fourth-order valence-electron chi connectivity index (χ4n) is 0.504. The highest BCUT2D eigenvalue weighted by molar-refractivity contribution is 8.02. The van der Waals surface area contributed by atoms with Gasteiger partial charge >= 0.3 is 0 Å². The summed E-state index contributed by atoms with van der Waals surface area (Å²) in [4.78, 5) is 0. The molecule has 11 heavy (non-hydrogen) atoms. The lowest BCUT2D eigenvalue weighted by atomic mass is 10.3. The molecule has 0 saturated carbocycles. The third-order valence-corrected chi connectivity index (χ3v) is 2.47. The average molecular weight is 199 g/mol. The standard InChI is InChI=1S/C5H12O4S2/c1-2-3-4-5-10-9-11(6,7)8/h2-5H2,1H3,(H,6,7,8)/p-1. The Morgan fingerprint density at radius 2 is 2.09 bits per heavy atom. The van der Waals surface area contributed by atoms with Crippen molar-refractivity contribution in [3.8, 4) is 0 Å². The third-order valence-electron chi connectivity index (χ3n) is 0.963. The molecule has 0 aromatic carbocycles. The van der Waals surface area contributed by atoms with Gasteiger partial charge in [0.15, 0.2) is 0 Å². The fraction of sp³-hybridized carbons (Fsp3) is 1.00. The maximum Gasteiger partial charge on any atom is 0.228 e. The first-order valence-electron chi connectivity index (χ1n) is 3.33. The van der Waals surface area contributed by atoms with E-state index in [9.17, 15) is 13.0 Å². The molecule has 0 amide bonds. The molecule has 0 N–H and O–H groups in total. The van der Waals surface area contributed by atoms with E-state index in [1.165, 1.54) is 0 Å². The van der Waals surface area contributed by atoms with Crippen LogP contribution in [0.4, 0.5) is 0 Å². The molecule has 68 valence electrons. The van der Waals surface area contributed by atoms with Gasteiger partial charge in [-0.2, -0.15) is 0 Å². The van der Waals surface area contributed by atoms with Crippen LogP contribution in [0.3, 0.4) is 0 Å². The molecule has 6 heteroatoms. The van der Waals surface area contributed by atoms with E-state index in [1.54, 1.807) is 0 Å². The van der Waals surface area contributed by atoms with Gasteiger partial charge in [0, 0.05) is 17.8 Å². The SMILES string of the molecule is CCCCCSOS(=O)(=O)[O-]. The molecule has 0 rings (SSSR count). The molecule has 0 aliphatic carbocycles. The average Bonchev–Trinajstić information content (AvgIpc) is 1.85. The van der Waals surface area contributed by atoms with Gasteiger partial charge in [-0.25, -0.2) is 12.0 Å². The molecular weight excluding hydrogens is 188 g/mol. The van der Waals surface area contributed by atoms with Gasteiger partial charge in [-0.05, 0) is 6.42 Å². The van der Waals surface area contributed by atoms with E-state index < -0.39 is 10.4 Å². The Hall–Kier alpha value is 0.220. The van der Waals surface area contributed by atoms with Gasteiger partial charge in [0.25, 0.3) is 0 Å². The van der Waals surface area contributed by atoms with Crippen LogP contribution >= 0.6 is 12.0 Å². The summed E-state index contributed by atoms with van der Waals surface area (Å²) in [6, 6.07) is 0. The van der Waals surface area contributed by atoms with Crippen molar-refractivity contribution in [2.45, 2.75) is 26.2 Å². The molecule has 0 aromatic rings. The molecule has 0 bridgehead atoms. The molecule has 0 aliphatic rings. The Kier molecular flexibility index (Phi) is 5.93. The number of unbranched alkanes of at least 4 members (excludes halogenated alkanes) is 2. The number of hydrogen-bond donors (Lipinski definition) is 0. The Bertz CT molecular complexity index is 175. The molecule has 0 aromatic heterocycles. The van der Waals surface area contributed by atoms with Crippen molar-refractivity contribution in [3.63, 3.8) is 0 Å². The zero-order chi connectivity index (χ0) is 8.74. The van der Waals surface area contributed by atoms with E-state index >= 15 is 0 Å². The molecule has 0 radical (unpaired) electrons. The largest absolute Gasteiger partial charge is 0.725 e. The normalized spacial score (nSPS) is 11.8. The van der Waals surface area contributed by atoms with E-state index in [1.807, 2.05) is 6.92 Å². The minimum Gasteiger partial charge on any atom is -0.725 e. The molecule has 0 saturated heterocycles. The monoisotopic (exact) mass is 199 g/mol. The lowest BCUT2D eigenvalue weighted by Gasteiger charge is -2.04. The highest BCUT2D eigenvalue weighted by Gasteiger charge is 1.94. The zero-order valence-corrected chi connectivity index (χ0v) is 7.91. The zero-order valence-electron chi connectivity index (χ0n) is 6.28. The smallest absolute Gasteiger partial charge is 0.228 e. The second-order valence-corrected chi connectivity index (χ2v) is 4.01. The summed E-state index contributed by atoms with van der Waals surface area (Å²) in [7, 11) is -4.50. The quantitative estimate of drug-likeness (QED) is 0.279. The first-order chi connectivity index (χ1) is 5.06. The molecular formula is C5H11O4S2-. The van der Waals surface area contributed by atoms with Crippen LogP contribution in [-0.2, 0) is 14.0 Å². The Morgan fingerprint density at radius 1 is 1.45 bits per heavy atom. The van der Waals surface area contributed by atoms with Crippen molar-refractivity contribution in [2.24, 2.45) is 0 Å². The van der Waals surface area contributed by atoms with Gasteiger partial charge < -0.3 is 4.55 Å². The maximum absolute atomic E-state index is 9.87. The van der Waals surface area contributed by atoms with Crippen molar-refractivity contribution in [3.05, 3.63) is 0 Å². The van der Waals surface area contributed by atoms with Crippen molar-refractivity contribution in [1.82, 2.24) is 0 Å². The summed E-state index contributed by atoms with van der Waals surface area (Å²) in [5.41, 5.74) is 0. The minimum atomic E-state index is -4.50. The van der Waals surface area contributed by atoms with Gasteiger partial charge in [0.2, 0.25) is 10.4 Å². The van der Waals surface area contributed by atoms with Gasteiger partial charge in [0.05, 0.1) is 0 Å². The van der Waals surface area contributed by atoms with Crippen molar-refractivity contribution < 1.29 is 16.6 Å². The fourth-order valence-corrected chi connectivity index (χ4v) is 1.57. The summed E-state index contributed by atoms with van der Waals surface area (Å²) in [5.74, 6) is 0.551. The van der Waals surface area contributed by atoms with Crippen LogP contribution in [0.15, 0.2) is 0 Å². The van der Waals surface area contributed by atoms with Gasteiger partial charge in [-0.1, -0.05) is 19.8 Å². The topological polar surface area (TPSA) is 66.4 Å². The minimum absolute atomic E-state index is 0.551. The number of rotatable bonds is 6. The van der Waals surface area contributed by atoms with Crippen LogP contribution in [0.1, 0.15) is 26.2 Å².